The van der Waals surface area contributed by atoms with Gasteiger partial charge in [-0.15, -0.1) is 0 Å². The molecule has 2 aliphatic rings. The van der Waals surface area contributed by atoms with Gasteiger partial charge < -0.3 is 9.47 Å². The van der Waals surface area contributed by atoms with Gasteiger partial charge in [0.25, 0.3) is 0 Å². The van der Waals surface area contributed by atoms with Crippen LogP contribution >= 0.6 is 0 Å². The molecule has 2 saturated heterocycles. The van der Waals surface area contributed by atoms with Crippen LogP contribution in [0.1, 0.15) is 31.7 Å². The molecule has 22 heavy (non-hydrogen) atoms. The van der Waals surface area contributed by atoms with Gasteiger partial charge >= 0.3 is 0 Å². The van der Waals surface area contributed by atoms with Crippen LogP contribution in [-0.4, -0.2) is 51.2 Å². The summed E-state index contributed by atoms with van der Waals surface area (Å²) >= 11 is 0. The molecule has 6 heteroatoms. The molecule has 0 amide bonds. The minimum absolute atomic E-state index is 0.355. The third kappa shape index (κ3) is 2.93. The van der Waals surface area contributed by atoms with E-state index in [0.717, 1.165) is 12.0 Å². The molecule has 0 bridgehead atoms. The SMILES string of the molecule is CC(C)c1ccc(S(=O)(=O)N2CCO[C@]3(CCOC3)C2)cc1. The molecule has 3 rings (SSSR count). The zero-order valence-electron chi connectivity index (χ0n) is 13.1. The van der Waals surface area contributed by atoms with Crippen LogP contribution in [0.4, 0.5) is 0 Å². The summed E-state index contributed by atoms with van der Waals surface area (Å²) in [6.45, 7) is 6.50. The second kappa shape index (κ2) is 5.92. The molecule has 0 radical (unpaired) electrons. The monoisotopic (exact) mass is 325 g/mol. The largest absolute Gasteiger partial charge is 0.378 e. The van der Waals surface area contributed by atoms with Crippen molar-refractivity contribution in [1.82, 2.24) is 4.31 Å². The van der Waals surface area contributed by atoms with Crippen LogP contribution in [0.2, 0.25) is 0 Å². The van der Waals surface area contributed by atoms with Crippen LogP contribution < -0.4 is 0 Å². The second-order valence-corrected chi connectivity index (χ2v) is 8.33. The van der Waals surface area contributed by atoms with Crippen molar-refractivity contribution in [2.24, 2.45) is 0 Å². The molecule has 5 nitrogen and oxygen atoms in total. The van der Waals surface area contributed by atoms with E-state index in [4.69, 9.17) is 9.47 Å². The van der Waals surface area contributed by atoms with Gasteiger partial charge in [-0.3, -0.25) is 0 Å². The maximum Gasteiger partial charge on any atom is 0.243 e. The summed E-state index contributed by atoms with van der Waals surface area (Å²) < 4.78 is 38.4. The lowest BCUT2D eigenvalue weighted by Gasteiger charge is -2.38. The molecule has 1 aromatic rings. The number of rotatable bonds is 3. The van der Waals surface area contributed by atoms with Crippen molar-refractivity contribution in [3.05, 3.63) is 29.8 Å². The predicted molar refractivity (Wildman–Crippen MR) is 83.4 cm³/mol. The molecule has 2 fully saturated rings. The van der Waals surface area contributed by atoms with Crippen LogP contribution in [0.15, 0.2) is 29.2 Å². The first-order chi connectivity index (χ1) is 10.4. The fraction of sp³-hybridized carbons (Fsp3) is 0.625. The Kier molecular flexibility index (Phi) is 4.29. The number of morpholine rings is 1. The number of hydrogen-bond donors (Lipinski definition) is 0. The Labute approximate surface area is 132 Å². The van der Waals surface area contributed by atoms with Crippen LogP contribution in [-0.2, 0) is 19.5 Å². The van der Waals surface area contributed by atoms with Gasteiger partial charge in [0, 0.05) is 26.1 Å². The molecule has 0 unspecified atom stereocenters. The fourth-order valence-corrected chi connectivity index (χ4v) is 4.51. The minimum atomic E-state index is -3.47. The van der Waals surface area contributed by atoms with Gasteiger partial charge in [-0.05, 0) is 23.6 Å². The molecule has 1 aromatic carbocycles. The van der Waals surface area contributed by atoms with Crippen molar-refractivity contribution in [3.8, 4) is 0 Å². The molecule has 1 atom stereocenters. The maximum atomic E-state index is 12.8. The van der Waals surface area contributed by atoms with Crippen molar-refractivity contribution in [1.29, 1.82) is 0 Å². The summed E-state index contributed by atoms with van der Waals surface area (Å²) in [6.07, 6.45) is 0.755. The molecule has 0 aliphatic carbocycles. The van der Waals surface area contributed by atoms with Crippen LogP contribution in [0, 0.1) is 0 Å². The highest BCUT2D eigenvalue weighted by molar-refractivity contribution is 7.89. The van der Waals surface area contributed by atoms with Crippen LogP contribution in [0.5, 0.6) is 0 Å². The first-order valence-electron chi connectivity index (χ1n) is 7.75. The van der Waals surface area contributed by atoms with Crippen molar-refractivity contribution >= 4 is 10.0 Å². The van der Waals surface area contributed by atoms with Crippen molar-refractivity contribution in [3.63, 3.8) is 0 Å². The lowest BCUT2D eigenvalue weighted by atomic mass is 10.0. The average molecular weight is 325 g/mol. The molecule has 1 spiro atoms. The molecule has 0 aromatic heterocycles. The van der Waals surface area contributed by atoms with E-state index >= 15 is 0 Å². The van der Waals surface area contributed by atoms with Gasteiger partial charge in [-0.1, -0.05) is 26.0 Å². The minimum Gasteiger partial charge on any atom is -0.378 e. The molecule has 0 N–H and O–H groups in total. The van der Waals surface area contributed by atoms with E-state index in [2.05, 4.69) is 13.8 Å². The molecule has 2 heterocycles. The number of benzene rings is 1. The Morgan fingerprint density at radius 2 is 1.91 bits per heavy atom. The summed E-state index contributed by atoms with van der Waals surface area (Å²) in [6, 6.07) is 7.20. The topological polar surface area (TPSA) is 55.8 Å². The Morgan fingerprint density at radius 1 is 1.18 bits per heavy atom. The van der Waals surface area contributed by atoms with Crippen LogP contribution in [0.3, 0.4) is 0 Å². The van der Waals surface area contributed by atoms with E-state index < -0.39 is 15.6 Å². The zero-order chi connectivity index (χ0) is 15.8. The standard InChI is InChI=1S/C16H23NO4S/c1-13(2)14-3-5-15(6-4-14)22(18,19)17-8-10-21-16(11-17)7-9-20-12-16/h3-6,13H,7-12H2,1-2H3/t16-/m1/s1. The Hall–Kier alpha value is -0.950. The summed E-state index contributed by atoms with van der Waals surface area (Å²) in [7, 11) is -3.47. The normalized spacial score (nSPS) is 26.9. The molecule has 2 aliphatic heterocycles. The van der Waals surface area contributed by atoms with Crippen molar-refractivity contribution in [2.75, 3.05) is 32.9 Å². The Balaban J connectivity index is 1.82. The Bertz CT molecular complexity index is 618. The molecule has 122 valence electrons. The van der Waals surface area contributed by atoms with Crippen molar-refractivity contribution in [2.45, 2.75) is 36.7 Å². The highest BCUT2D eigenvalue weighted by atomic mass is 32.2. The predicted octanol–water partition coefficient (Wildman–Crippen LogP) is 1.99. The van der Waals surface area contributed by atoms with E-state index in [0.29, 0.717) is 43.7 Å². The van der Waals surface area contributed by atoms with E-state index in [-0.39, 0.29) is 0 Å². The summed E-state index contributed by atoms with van der Waals surface area (Å²) in [5.74, 6) is 0.388. The molecular weight excluding hydrogens is 302 g/mol. The van der Waals surface area contributed by atoms with E-state index in [1.54, 1.807) is 12.1 Å². The van der Waals surface area contributed by atoms with Gasteiger partial charge in [0.15, 0.2) is 0 Å². The average Bonchev–Trinajstić information content (AvgIpc) is 2.95. The lowest BCUT2D eigenvalue weighted by molar-refractivity contribution is -0.0897. The fourth-order valence-electron chi connectivity index (χ4n) is 3.02. The van der Waals surface area contributed by atoms with Crippen molar-refractivity contribution < 1.29 is 17.9 Å². The van der Waals surface area contributed by atoms with Gasteiger partial charge in [0.2, 0.25) is 10.0 Å². The van der Waals surface area contributed by atoms with E-state index in [9.17, 15) is 8.42 Å². The maximum absolute atomic E-state index is 12.8. The second-order valence-electron chi connectivity index (χ2n) is 6.40. The quantitative estimate of drug-likeness (QED) is 0.853. The van der Waals surface area contributed by atoms with E-state index in [1.807, 2.05) is 12.1 Å². The first kappa shape index (κ1) is 15.9. The van der Waals surface area contributed by atoms with E-state index in [1.165, 1.54) is 4.31 Å². The third-order valence-electron chi connectivity index (χ3n) is 4.47. The van der Waals surface area contributed by atoms with Gasteiger partial charge in [0.1, 0.15) is 5.60 Å². The number of nitrogens with zero attached hydrogens (tertiary/aromatic N) is 1. The van der Waals surface area contributed by atoms with Gasteiger partial charge in [-0.2, -0.15) is 4.31 Å². The van der Waals surface area contributed by atoms with Gasteiger partial charge in [-0.25, -0.2) is 8.42 Å². The summed E-state index contributed by atoms with van der Waals surface area (Å²) in [5, 5.41) is 0. The summed E-state index contributed by atoms with van der Waals surface area (Å²) in [5.41, 5.74) is 0.685. The Morgan fingerprint density at radius 3 is 2.50 bits per heavy atom. The number of hydrogen-bond acceptors (Lipinski definition) is 4. The summed E-state index contributed by atoms with van der Waals surface area (Å²) in [4.78, 5) is 0.355. The smallest absolute Gasteiger partial charge is 0.243 e. The van der Waals surface area contributed by atoms with Gasteiger partial charge in [0.05, 0.1) is 18.1 Å². The van der Waals surface area contributed by atoms with Crippen LogP contribution in [0.25, 0.3) is 0 Å². The highest BCUT2D eigenvalue weighted by Crippen LogP contribution is 2.30. The number of ether oxygens (including phenoxy) is 2. The highest BCUT2D eigenvalue weighted by Gasteiger charge is 2.43. The first-order valence-corrected chi connectivity index (χ1v) is 9.19. The molecular formula is C16H23NO4S. The lowest BCUT2D eigenvalue weighted by Crippen LogP contribution is -2.54. The third-order valence-corrected chi connectivity index (χ3v) is 6.32. The molecule has 0 saturated carbocycles. The number of sulfonamides is 1. The zero-order valence-corrected chi connectivity index (χ0v) is 13.9.